The number of aliphatic carboxylic acids is 1. The quantitative estimate of drug-likeness (QED) is 0.873. The number of rotatable bonds is 3. The van der Waals surface area contributed by atoms with Crippen molar-refractivity contribution < 1.29 is 14.3 Å². The molecule has 2 rings (SSSR count). The Labute approximate surface area is 99.9 Å². The lowest BCUT2D eigenvalue weighted by molar-refractivity contribution is -0.142. The van der Waals surface area contributed by atoms with Gasteiger partial charge in [0, 0.05) is 19.6 Å². The van der Waals surface area contributed by atoms with Gasteiger partial charge in [0.1, 0.15) is 5.82 Å². The van der Waals surface area contributed by atoms with E-state index < -0.39 is 5.97 Å². The largest absolute Gasteiger partial charge is 0.481 e. The van der Waals surface area contributed by atoms with E-state index in [9.17, 15) is 9.18 Å². The molecule has 92 valence electrons. The van der Waals surface area contributed by atoms with Gasteiger partial charge in [-0.25, -0.2) is 4.39 Å². The smallest absolute Gasteiger partial charge is 0.308 e. The van der Waals surface area contributed by atoms with E-state index in [-0.39, 0.29) is 17.7 Å². The highest BCUT2D eigenvalue weighted by molar-refractivity contribution is 5.71. The van der Waals surface area contributed by atoms with Crippen molar-refractivity contribution in [1.82, 2.24) is 4.90 Å². The molecule has 1 aromatic rings. The Hall–Kier alpha value is -1.42. The molecule has 1 N–H and O–H groups in total. The second-order valence-electron chi connectivity index (χ2n) is 4.75. The number of likely N-dealkylation sites (tertiary alicyclic amines) is 1. The second-order valence-corrected chi connectivity index (χ2v) is 4.75. The number of hydrogen-bond donors (Lipinski definition) is 1. The van der Waals surface area contributed by atoms with Crippen LogP contribution in [0.25, 0.3) is 0 Å². The molecule has 4 heteroatoms. The fraction of sp³-hybridized carbons (Fsp3) is 0.462. The van der Waals surface area contributed by atoms with E-state index in [0.29, 0.717) is 13.1 Å². The van der Waals surface area contributed by atoms with Crippen LogP contribution in [0.4, 0.5) is 4.39 Å². The Morgan fingerprint density at radius 1 is 1.53 bits per heavy atom. The van der Waals surface area contributed by atoms with Crippen LogP contribution >= 0.6 is 0 Å². The lowest BCUT2D eigenvalue weighted by Gasteiger charge is -2.15. The Morgan fingerprint density at radius 3 is 2.88 bits per heavy atom. The third-order valence-electron chi connectivity index (χ3n) is 3.30. The molecule has 0 amide bonds. The molecule has 0 aromatic heterocycles. The summed E-state index contributed by atoms with van der Waals surface area (Å²) in [6.07, 6.45) is 0. The van der Waals surface area contributed by atoms with Crippen molar-refractivity contribution >= 4 is 5.97 Å². The normalized spacial score (nSPS) is 25.1. The minimum absolute atomic E-state index is 0.154. The number of hydrogen-bond acceptors (Lipinski definition) is 2. The molecule has 1 aliphatic rings. The number of halogens is 1. The molecule has 1 aliphatic heterocycles. The van der Waals surface area contributed by atoms with Crippen LogP contribution in [0.1, 0.15) is 12.5 Å². The molecule has 1 heterocycles. The third-order valence-corrected chi connectivity index (χ3v) is 3.30. The predicted octanol–water partition coefficient (Wildman–Crippen LogP) is 1.98. The molecule has 0 spiro atoms. The summed E-state index contributed by atoms with van der Waals surface area (Å²) in [6, 6.07) is 6.45. The van der Waals surface area contributed by atoms with Crippen LogP contribution in [0.2, 0.25) is 0 Å². The van der Waals surface area contributed by atoms with Gasteiger partial charge in [0.05, 0.1) is 5.92 Å². The van der Waals surface area contributed by atoms with Gasteiger partial charge in [-0.15, -0.1) is 0 Å². The zero-order chi connectivity index (χ0) is 12.4. The van der Waals surface area contributed by atoms with Crippen molar-refractivity contribution in [1.29, 1.82) is 0 Å². The number of carboxylic acids is 1. The first kappa shape index (κ1) is 12.0. The molecular weight excluding hydrogens is 221 g/mol. The van der Waals surface area contributed by atoms with Crippen LogP contribution in [-0.4, -0.2) is 29.1 Å². The Balaban J connectivity index is 2.00. The van der Waals surface area contributed by atoms with Gasteiger partial charge < -0.3 is 5.11 Å². The summed E-state index contributed by atoms with van der Waals surface area (Å²) < 4.78 is 13.0. The van der Waals surface area contributed by atoms with Crippen molar-refractivity contribution in [3.63, 3.8) is 0 Å². The predicted molar refractivity (Wildman–Crippen MR) is 62.0 cm³/mol. The molecule has 1 saturated heterocycles. The van der Waals surface area contributed by atoms with E-state index in [1.807, 2.05) is 13.0 Å². The van der Waals surface area contributed by atoms with Gasteiger partial charge in [-0.05, 0) is 23.6 Å². The lowest BCUT2D eigenvalue weighted by atomic mass is 9.99. The number of benzene rings is 1. The molecule has 2 atom stereocenters. The maximum absolute atomic E-state index is 13.0. The van der Waals surface area contributed by atoms with E-state index in [0.717, 1.165) is 12.1 Å². The summed E-state index contributed by atoms with van der Waals surface area (Å²) in [6.45, 7) is 3.87. The van der Waals surface area contributed by atoms with Crippen molar-refractivity contribution in [2.24, 2.45) is 11.8 Å². The maximum Gasteiger partial charge on any atom is 0.308 e. The van der Waals surface area contributed by atoms with E-state index in [1.165, 1.54) is 12.1 Å². The topological polar surface area (TPSA) is 40.5 Å². The van der Waals surface area contributed by atoms with Crippen LogP contribution in [-0.2, 0) is 11.3 Å². The summed E-state index contributed by atoms with van der Waals surface area (Å²) in [5.74, 6) is -1.13. The minimum Gasteiger partial charge on any atom is -0.481 e. The van der Waals surface area contributed by atoms with Crippen molar-refractivity contribution in [3.05, 3.63) is 35.6 Å². The number of carboxylic acid groups (broad SMARTS) is 1. The summed E-state index contributed by atoms with van der Waals surface area (Å²) in [5, 5.41) is 9.02. The van der Waals surface area contributed by atoms with Crippen molar-refractivity contribution in [3.8, 4) is 0 Å². The van der Waals surface area contributed by atoms with Gasteiger partial charge in [0.2, 0.25) is 0 Å². The molecule has 0 bridgehead atoms. The highest BCUT2D eigenvalue weighted by atomic mass is 19.1. The van der Waals surface area contributed by atoms with Gasteiger partial charge in [0.15, 0.2) is 0 Å². The van der Waals surface area contributed by atoms with Crippen LogP contribution in [0, 0.1) is 17.7 Å². The fourth-order valence-corrected chi connectivity index (χ4v) is 2.41. The lowest BCUT2D eigenvalue weighted by Crippen LogP contribution is -2.23. The van der Waals surface area contributed by atoms with E-state index in [2.05, 4.69) is 4.90 Å². The van der Waals surface area contributed by atoms with Crippen molar-refractivity contribution in [2.45, 2.75) is 13.5 Å². The zero-order valence-corrected chi connectivity index (χ0v) is 9.77. The fourth-order valence-electron chi connectivity index (χ4n) is 2.41. The molecule has 3 nitrogen and oxygen atoms in total. The SMILES string of the molecule is CC1CN(Cc2cccc(F)c2)CC1C(=O)O. The van der Waals surface area contributed by atoms with Crippen LogP contribution in [0.3, 0.4) is 0 Å². The summed E-state index contributed by atoms with van der Waals surface area (Å²) >= 11 is 0. The summed E-state index contributed by atoms with van der Waals surface area (Å²) in [4.78, 5) is 13.0. The standard InChI is InChI=1S/C13H16FNO2/c1-9-6-15(8-12(9)13(16)17)7-10-3-2-4-11(14)5-10/h2-5,9,12H,6-8H2,1H3,(H,16,17). The highest BCUT2D eigenvalue weighted by Gasteiger charge is 2.34. The molecular formula is C13H16FNO2. The first-order chi connectivity index (χ1) is 8.06. The highest BCUT2D eigenvalue weighted by Crippen LogP contribution is 2.24. The average molecular weight is 237 g/mol. The maximum atomic E-state index is 13.0. The first-order valence-electron chi connectivity index (χ1n) is 5.76. The van der Waals surface area contributed by atoms with Crippen molar-refractivity contribution in [2.75, 3.05) is 13.1 Å². The number of nitrogens with zero attached hydrogens (tertiary/aromatic N) is 1. The van der Waals surface area contributed by atoms with Crippen LogP contribution < -0.4 is 0 Å². The van der Waals surface area contributed by atoms with Gasteiger partial charge >= 0.3 is 5.97 Å². The molecule has 1 aromatic carbocycles. The molecule has 0 radical (unpaired) electrons. The van der Waals surface area contributed by atoms with Gasteiger partial charge in [-0.3, -0.25) is 9.69 Å². The average Bonchev–Trinajstić information content (AvgIpc) is 2.59. The first-order valence-corrected chi connectivity index (χ1v) is 5.76. The summed E-state index contributed by atoms with van der Waals surface area (Å²) in [7, 11) is 0. The summed E-state index contributed by atoms with van der Waals surface area (Å²) in [5.41, 5.74) is 0.892. The Bertz CT molecular complexity index is 422. The third kappa shape index (κ3) is 2.82. The van der Waals surface area contributed by atoms with E-state index in [1.54, 1.807) is 6.07 Å². The number of carbonyl (C=O) groups is 1. The Morgan fingerprint density at radius 2 is 2.29 bits per heavy atom. The molecule has 2 unspecified atom stereocenters. The molecule has 0 aliphatic carbocycles. The van der Waals surface area contributed by atoms with E-state index >= 15 is 0 Å². The van der Waals surface area contributed by atoms with Gasteiger partial charge in [-0.2, -0.15) is 0 Å². The molecule has 1 fully saturated rings. The molecule has 0 saturated carbocycles. The zero-order valence-electron chi connectivity index (χ0n) is 9.77. The van der Waals surface area contributed by atoms with Crippen LogP contribution in [0.5, 0.6) is 0 Å². The van der Waals surface area contributed by atoms with Crippen LogP contribution in [0.15, 0.2) is 24.3 Å². The Kier molecular flexibility index (Phi) is 3.43. The second kappa shape index (κ2) is 4.84. The van der Waals surface area contributed by atoms with E-state index in [4.69, 9.17) is 5.11 Å². The monoisotopic (exact) mass is 237 g/mol. The molecule has 17 heavy (non-hydrogen) atoms. The van der Waals surface area contributed by atoms with Gasteiger partial charge in [-0.1, -0.05) is 19.1 Å². The minimum atomic E-state index is -0.737. The van der Waals surface area contributed by atoms with Gasteiger partial charge in [0.25, 0.3) is 0 Å².